The molecule has 0 aliphatic rings. The van der Waals surface area contributed by atoms with Crippen molar-refractivity contribution in [3.63, 3.8) is 0 Å². The smallest absolute Gasteiger partial charge is 0.262 e. The topological polar surface area (TPSA) is 70.0 Å². The van der Waals surface area contributed by atoms with Crippen LogP contribution >= 0.6 is 11.8 Å². The van der Waals surface area contributed by atoms with Crippen molar-refractivity contribution < 1.29 is 9.21 Å². The Labute approximate surface area is 191 Å². The number of carbonyl (C=O) groups is 1. The van der Waals surface area contributed by atoms with Gasteiger partial charge in [-0.3, -0.25) is 14.2 Å². The van der Waals surface area contributed by atoms with E-state index in [4.69, 9.17) is 9.40 Å². The SMILES string of the molecule is Cc1cc(C(=O)CSc2nc3ccccc3c(=O)n2CC(C)C)c(C)n1Cc1ccco1. The van der Waals surface area contributed by atoms with E-state index in [0.717, 1.165) is 17.1 Å². The lowest BCUT2D eigenvalue weighted by Gasteiger charge is -2.14. The molecule has 32 heavy (non-hydrogen) atoms. The summed E-state index contributed by atoms with van der Waals surface area (Å²) in [7, 11) is 0. The van der Waals surface area contributed by atoms with Crippen LogP contribution in [0.3, 0.4) is 0 Å². The fraction of sp³-hybridized carbons (Fsp3) is 0.320. The van der Waals surface area contributed by atoms with Gasteiger partial charge in [-0.15, -0.1) is 0 Å². The van der Waals surface area contributed by atoms with E-state index < -0.39 is 0 Å². The molecule has 4 rings (SSSR count). The van der Waals surface area contributed by atoms with Crippen LogP contribution in [0.2, 0.25) is 0 Å². The molecule has 0 fully saturated rings. The number of Topliss-reactive ketones (excluding diaryl/α,β-unsaturated/α-hetero) is 1. The van der Waals surface area contributed by atoms with Gasteiger partial charge in [0.15, 0.2) is 10.9 Å². The molecule has 166 valence electrons. The summed E-state index contributed by atoms with van der Waals surface area (Å²) in [4.78, 5) is 30.9. The molecule has 0 aliphatic carbocycles. The third-order valence-electron chi connectivity index (χ3n) is 5.47. The largest absolute Gasteiger partial charge is 0.467 e. The zero-order chi connectivity index (χ0) is 22.8. The molecule has 0 amide bonds. The Bertz CT molecular complexity index is 1320. The van der Waals surface area contributed by atoms with Crippen molar-refractivity contribution in [1.29, 1.82) is 0 Å². The quantitative estimate of drug-likeness (QED) is 0.213. The molecule has 0 N–H and O–H groups in total. The number of benzene rings is 1. The molecule has 0 spiro atoms. The van der Waals surface area contributed by atoms with Gasteiger partial charge in [-0.1, -0.05) is 37.7 Å². The van der Waals surface area contributed by atoms with Crippen molar-refractivity contribution in [2.45, 2.75) is 45.9 Å². The average molecular weight is 450 g/mol. The number of para-hydroxylation sites is 1. The Morgan fingerprint density at radius 1 is 1.12 bits per heavy atom. The van der Waals surface area contributed by atoms with Crippen LogP contribution in [0.4, 0.5) is 0 Å². The molecule has 0 unspecified atom stereocenters. The first-order chi connectivity index (χ1) is 15.3. The summed E-state index contributed by atoms with van der Waals surface area (Å²) >= 11 is 1.32. The maximum atomic E-state index is 13.1. The van der Waals surface area contributed by atoms with E-state index in [1.165, 1.54) is 11.8 Å². The molecule has 0 aliphatic heterocycles. The van der Waals surface area contributed by atoms with E-state index >= 15 is 0 Å². The zero-order valence-corrected chi connectivity index (χ0v) is 19.6. The predicted octanol–water partition coefficient (Wildman–Crippen LogP) is 5.09. The maximum Gasteiger partial charge on any atom is 0.262 e. The molecule has 0 atom stereocenters. The van der Waals surface area contributed by atoms with E-state index in [1.54, 1.807) is 16.9 Å². The minimum absolute atomic E-state index is 0.0206. The van der Waals surface area contributed by atoms with Crippen LogP contribution in [-0.4, -0.2) is 25.7 Å². The molecule has 0 radical (unpaired) electrons. The lowest BCUT2D eigenvalue weighted by Crippen LogP contribution is -2.25. The number of rotatable bonds is 8. The maximum absolute atomic E-state index is 13.1. The molecule has 0 saturated carbocycles. The monoisotopic (exact) mass is 449 g/mol. The Morgan fingerprint density at radius 3 is 2.62 bits per heavy atom. The molecule has 0 saturated heterocycles. The highest BCUT2D eigenvalue weighted by Gasteiger charge is 2.19. The minimum Gasteiger partial charge on any atom is -0.467 e. The highest BCUT2D eigenvalue weighted by Crippen LogP contribution is 2.23. The van der Waals surface area contributed by atoms with Crippen molar-refractivity contribution in [2.75, 3.05) is 5.75 Å². The number of hydrogen-bond acceptors (Lipinski definition) is 5. The second-order valence-electron chi connectivity index (χ2n) is 8.38. The number of hydrogen-bond donors (Lipinski definition) is 0. The van der Waals surface area contributed by atoms with Gasteiger partial charge < -0.3 is 8.98 Å². The first-order valence-corrected chi connectivity index (χ1v) is 11.7. The fourth-order valence-electron chi connectivity index (χ4n) is 3.88. The number of thioether (sulfide) groups is 1. The average Bonchev–Trinajstić information content (AvgIpc) is 3.38. The molecule has 1 aromatic carbocycles. The molecule has 0 bridgehead atoms. The van der Waals surface area contributed by atoms with Crippen LogP contribution in [-0.2, 0) is 13.1 Å². The van der Waals surface area contributed by atoms with E-state index in [2.05, 4.69) is 18.4 Å². The molecule has 6 nitrogen and oxygen atoms in total. The van der Waals surface area contributed by atoms with E-state index in [9.17, 15) is 9.59 Å². The standard InChI is InChI=1S/C25H27N3O3S/c1-16(2)13-28-24(30)20-9-5-6-10-22(20)26-25(28)32-15-23(29)21-12-17(3)27(18(21)4)14-19-8-7-11-31-19/h5-12,16H,13-15H2,1-4H3. The van der Waals surface area contributed by atoms with Crippen LogP contribution in [0.25, 0.3) is 10.9 Å². The second kappa shape index (κ2) is 9.20. The molecular weight excluding hydrogens is 422 g/mol. The number of carbonyl (C=O) groups excluding carboxylic acids is 1. The van der Waals surface area contributed by atoms with Crippen LogP contribution in [0.15, 0.2) is 63.1 Å². The zero-order valence-electron chi connectivity index (χ0n) is 18.8. The van der Waals surface area contributed by atoms with Gasteiger partial charge in [0.25, 0.3) is 5.56 Å². The highest BCUT2D eigenvalue weighted by atomic mass is 32.2. The third kappa shape index (κ3) is 4.43. The number of aromatic nitrogens is 3. The summed E-state index contributed by atoms with van der Waals surface area (Å²) in [5.74, 6) is 1.37. The number of ketones is 1. The molecule has 3 heterocycles. The van der Waals surface area contributed by atoms with Crippen LogP contribution < -0.4 is 5.56 Å². The number of furan rings is 1. The van der Waals surface area contributed by atoms with Gasteiger partial charge in [0.05, 0.1) is 29.5 Å². The van der Waals surface area contributed by atoms with Crippen LogP contribution in [0, 0.1) is 19.8 Å². The van der Waals surface area contributed by atoms with E-state index in [0.29, 0.717) is 34.7 Å². The summed E-state index contributed by atoms with van der Waals surface area (Å²) in [6.45, 7) is 9.22. The Hall–Kier alpha value is -3.06. The number of fused-ring (bicyclic) bond motifs is 1. The summed E-state index contributed by atoms with van der Waals surface area (Å²) < 4.78 is 9.25. The van der Waals surface area contributed by atoms with Gasteiger partial charge in [0, 0.05) is 23.5 Å². The Kier molecular flexibility index (Phi) is 6.37. The predicted molar refractivity (Wildman–Crippen MR) is 128 cm³/mol. The normalized spacial score (nSPS) is 11.5. The van der Waals surface area contributed by atoms with Gasteiger partial charge in [-0.25, -0.2) is 4.98 Å². The first kappa shape index (κ1) is 22.1. The van der Waals surface area contributed by atoms with Crippen molar-refractivity contribution in [3.8, 4) is 0 Å². The molecule has 7 heteroatoms. The van der Waals surface area contributed by atoms with Crippen molar-refractivity contribution >= 4 is 28.4 Å². The summed E-state index contributed by atoms with van der Waals surface area (Å²) in [6.07, 6.45) is 1.65. The molecular formula is C25H27N3O3S. The highest BCUT2D eigenvalue weighted by molar-refractivity contribution is 7.99. The lowest BCUT2D eigenvalue weighted by atomic mass is 10.2. The summed E-state index contributed by atoms with van der Waals surface area (Å²) in [6, 6.07) is 13.1. The fourth-order valence-corrected chi connectivity index (χ4v) is 4.77. The molecule has 4 aromatic rings. The van der Waals surface area contributed by atoms with E-state index in [-0.39, 0.29) is 23.0 Å². The van der Waals surface area contributed by atoms with Gasteiger partial charge in [-0.2, -0.15) is 0 Å². The molecule has 3 aromatic heterocycles. The van der Waals surface area contributed by atoms with Crippen molar-refractivity contribution in [2.24, 2.45) is 5.92 Å². The second-order valence-corrected chi connectivity index (χ2v) is 9.33. The number of nitrogens with zero attached hydrogens (tertiary/aromatic N) is 3. The van der Waals surface area contributed by atoms with Gasteiger partial charge in [0.2, 0.25) is 0 Å². The Morgan fingerprint density at radius 2 is 1.91 bits per heavy atom. The number of aryl methyl sites for hydroxylation is 1. The lowest BCUT2D eigenvalue weighted by molar-refractivity contribution is 0.102. The van der Waals surface area contributed by atoms with Crippen LogP contribution in [0.1, 0.15) is 41.4 Å². The third-order valence-corrected chi connectivity index (χ3v) is 6.45. The summed E-state index contributed by atoms with van der Waals surface area (Å²) in [5, 5.41) is 1.19. The summed E-state index contributed by atoms with van der Waals surface area (Å²) in [5.41, 5.74) is 3.21. The Balaban J connectivity index is 1.60. The first-order valence-electron chi connectivity index (χ1n) is 10.7. The van der Waals surface area contributed by atoms with Gasteiger partial charge in [0.1, 0.15) is 5.76 Å². The van der Waals surface area contributed by atoms with Crippen molar-refractivity contribution in [3.05, 3.63) is 81.8 Å². The van der Waals surface area contributed by atoms with Gasteiger partial charge in [-0.05, 0) is 50.1 Å². The van der Waals surface area contributed by atoms with Crippen LogP contribution in [0.5, 0.6) is 0 Å². The minimum atomic E-state index is -0.0594. The van der Waals surface area contributed by atoms with Gasteiger partial charge >= 0.3 is 0 Å². The van der Waals surface area contributed by atoms with E-state index in [1.807, 2.05) is 50.2 Å². The van der Waals surface area contributed by atoms with Crippen molar-refractivity contribution in [1.82, 2.24) is 14.1 Å².